The highest BCUT2D eigenvalue weighted by Crippen LogP contribution is 2.42. The highest BCUT2D eigenvalue weighted by atomic mass is 35.5. The average molecular weight is 341 g/mol. The van der Waals surface area contributed by atoms with Crippen LogP contribution in [0, 0.1) is 0 Å². The summed E-state index contributed by atoms with van der Waals surface area (Å²) in [6.07, 6.45) is -4.91. The SMILES string of the molecule is O=C(c1sc2cc(Cl)ccc2c1-c1ccccc1)C(F)(F)F. The van der Waals surface area contributed by atoms with E-state index in [4.69, 9.17) is 11.6 Å². The zero-order chi connectivity index (χ0) is 15.9. The summed E-state index contributed by atoms with van der Waals surface area (Å²) >= 11 is 6.71. The number of hydrogen-bond donors (Lipinski definition) is 0. The number of carbonyl (C=O) groups excluding carboxylic acids is 1. The second-order valence-corrected chi connectivity index (χ2v) is 6.13. The van der Waals surface area contributed by atoms with Crippen LogP contribution in [0.15, 0.2) is 48.5 Å². The van der Waals surface area contributed by atoms with Crippen molar-refractivity contribution in [2.24, 2.45) is 0 Å². The smallest absolute Gasteiger partial charge is 0.283 e. The van der Waals surface area contributed by atoms with E-state index in [-0.39, 0.29) is 4.88 Å². The van der Waals surface area contributed by atoms with E-state index in [1.54, 1.807) is 48.5 Å². The molecule has 0 atom stereocenters. The molecule has 0 saturated heterocycles. The number of alkyl halides is 3. The second-order valence-electron chi connectivity index (χ2n) is 4.64. The molecule has 0 bridgehead atoms. The number of hydrogen-bond acceptors (Lipinski definition) is 2. The van der Waals surface area contributed by atoms with Gasteiger partial charge in [-0.05, 0) is 17.7 Å². The van der Waals surface area contributed by atoms with Crippen molar-refractivity contribution in [2.45, 2.75) is 6.18 Å². The predicted molar refractivity (Wildman–Crippen MR) is 82.7 cm³/mol. The molecule has 0 N–H and O–H groups in total. The van der Waals surface area contributed by atoms with Gasteiger partial charge in [0.1, 0.15) is 0 Å². The van der Waals surface area contributed by atoms with Gasteiger partial charge in [0.2, 0.25) is 0 Å². The minimum Gasteiger partial charge on any atom is -0.283 e. The van der Waals surface area contributed by atoms with Gasteiger partial charge in [-0.2, -0.15) is 13.2 Å². The molecule has 6 heteroatoms. The van der Waals surface area contributed by atoms with Gasteiger partial charge in [-0.25, -0.2) is 0 Å². The van der Waals surface area contributed by atoms with Crippen molar-refractivity contribution in [3.63, 3.8) is 0 Å². The monoisotopic (exact) mass is 340 g/mol. The third-order valence-electron chi connectivity index (χ3n) is 3.18. The fourth-order valence-corrected chi connectivity index (χ4v) is 3.71. The molecule has 0 amide bonds. The van der Waals surface area contributed by atoms with Crippen molar-refractivity contribution >= 4 is 38.8 Å². The minimum atomic E-state index is -4.91. The van der Waals surface area contributed by atoms with Crippen molar-refractivity contribution < 1.29 is 18.0 Å². The zero-order valence-corrected chi connectivity index (χ0v) is 12.5. The van der Waals surface area contributed by atoms with Gasteiger partial charge in [-0.3, -0.25) is 4.79 Å². The molecule has 0 fully saturated rings. The van der Waals surface area contributed by atoms with Crippen LogP contribution in [0.4, 0.5) is 13.2 Å². The second kappa shape index (κ2) is 5.41. The van der Waals surface area contributed by atoms with E-state index in [1.165, 1.54) is 0 Å². The van der Waals surface area contributed by atoms with E-state index in [0.717, 1.165) is 11.3 Å². The van der Waals surface area contributed by atoms with Crippen LogP contribution in [-0.2, 0) is 0 Å². The Labute approximate surface area is 133 Å². The minimum absolute atomic E-state index is 0.305. The first-order chi connectivity index (χ1) is 10.4. The Morgan fingerprint density at radius 3 is 2.36 bits per heavy atom. The molecule has 0 aliphatic carbocycles. The maximum absolute atomic E-state index is 12.9. The van der Waals surface area contributed by atoms with E-state index in [2.05, 4.69) is 0 Å². The van der Waals surface area contributed by atoms with Crippen LogP contribution < -0.4 is 0 Å². The Balaban J connectivity index is 2.34. The lowest BCUT2D eigenvalue weighted by Gasteiger charge is -2.07. The molecular weight excluding hydrogens is 333 g/mol. The van der Waals surface area contributed by atoms with Gasteiger partial charge in [0.15, 0.2) is 0 Å². The van der Waals surface area contributed by atoms with Crippen molar-refractivity contribution in [3.05, 3.63) is 58.4 Å². The average Bonchev–Trinajstić information content (AvgIpc) is 2.84. The lowest BCUT2D eigenvalue weighted by atomic mass is 10.0. The third kappa shape index (κ3) is 2.62. The van der Waals surface area contributed by atoms with Crippen molar-refractivity contribution in [2.75, 3.05) is 0 Å². The number of thiophene rings is 1. The molecule has 0 radical (unpaired) electrons. The molecule has 112 valence electrons. The van der Waals surface area contributed by atoms with Crippen LogP contribution in [0.25, 0.3) is 21.2 Å². The lowest BCUT2D eigenvalue weighted by molar-refractivity contribution is -0.0882. The molecule has 22 heavy (non-hydrogen) atoms. The summed E-state index contributed by atoms with van der Waals surface area (Å²) in [6.45, 7) is 0. The normalized spacial score (nSPS) is 11.8. The van der Waals surface area contributed by atoms with Crippen LogP contribution in [0.2, 0.25) is 5.02 Å². The summed E-state index contributed by atoms with van der Waals surface area (Å²) < 4.78 is 39.2. The van der Waals surface area contributed by atoms with E-state index in [9.17, 15) is 18.0 Å². The van der Waals surface area contributed by atoms with E-state index in [1.807, 2.05) is 0 Å². The van der Waals surface area contributed by atoms with Crippen molar-refractivity contribution in [3.8, 4) is 11.1 Å². The molecule has 0 unspecified atom stereocenters. The molecule has 2 aromatic carbocycles. The number of rotatable bonds is 2. The van der Waals surface area contributed by atoms with Gasteiger partial charge in [-0.15, -0.1) is 11.3 Å². The van der Waals surface area contributed by atoms with Gasteiger partial charge in [0.25, 0.3) is 5.78 Å². The summed E-state index contributed by atoms with van der Waals surface area (Å²) in [7, 11) is 0. The highest BCUT2D eigenvalue weighted by molar-refractivity contribution is 7.21. The number of benzene rings is 2. The molecule has 1 heterocycles. The molecule has 1 aromatic heterocycles. The first-order valence-electron chi connectivity index (χ1n) is 6.27. The molecule has 1 nitrogen and oxygen atoms in total. The molecule has 3 rings (SSSR count). The number of fused-ring (bicyclic) bond motifs is 1. The van der Waals surface area contributed by atoms with Gasteiger partial charge >= 0.3 is 6.18 Å². The maximum Gasteiger partial charge on any atom is 0.455 e. The van der Waals surface area contributed by atoms with Gasteiger partial charge in [-0.1, -0.05) is 48.0 Å². The van der Waals surface area contributed by atoms with Crippen molar-refractivity contribution in [1.29, 1.82) is 0 Å². The molecule has 0 spiro atoms. The molecular formula is C16H8ClF3OS. The topological polar surface area (TPSA) is 17.1 Å². The lowest BCUT2D eigenvalue weighted by Crippen LogP contribution is -2.22. The quantitative estimate of drug-likeness (QED) is 0.525. The first-order valence-corrected chi connectivity index (χ1v) is 7.46. The van der Waals surface area contributed by atoms with Crippen LogP contribution in [0.5, 0.6) is 0 Å². The third-order valence-corrected chi connectivity index (χ3v) is 4.56. The number of halogens is 4. The van der Waals surface area contributed by atoms with E-state index in [0.29, 0.717) is 26.2 Å². The number of Topliss-reactive ketones (excluding diaryl/α,β-unsaturated/α-hetero) is 1. The standard InChI is InChI=1S/C16H8ClF3OS/c17-10-6-7-11-12(8-10)22-14(15(21)16(18,19)20)13(11)9-4-2-1-3-5-9/h1-8H. The van der Waals surface area contributed by atoms with E-state index >= 15 is 0 Å². The largest absolute Gasteiger partial charge is 0.455 e. The number of ketones is 1. The Morgan fingerprint density at radius 2 is 1.73 bits per heavy atom. The van der Waals surface area contributed by atoms with Crippen LogP contribution in [0.3, 0.4) is 0 Å². The van der Waals surface area contributed by atoms with Gasteiger partial charge in [0, 0.05) is 20.7 Å². The molecule has 3 aromatic rings. The van der Waals surface area contributed by atoms with Crippen LogP contribution >= 0.6 is 22.9 Å². The Morgan fingerprint density at radius 1 is 1.05 bits per heavy atom. The summed E-state index contributed by atoms with van der Waals surface area (Å²) in [5, 5.41) is 1.01. The molecule has 0 aliphatic heterocycles. The summed E-state index contributed by atoms with van der Waals surface area (Å²) in [5.74, 6) is -1.83. The zero-order valence-electron chi connectivity index (χ0n) is 10.9. The molecule has 0 saturated carbocycles. The fraction of sp³-hybridized carbons (Fsp3) is 0.0625. The number of carbonyl (C=O) groups is 1. The Hall–Kier alpha value is -1.85. The summed E-state index contributed by atoms with van der Waals surface area (Å²) in [6, 6.07) is 13.4. The predicted octanol–water partition coefficient (Wildman–Crippen LogP) is 5.97. The van der Waals surface area contributed by atoms with Crippen LogP contribution in [0.1, 0.15) is 9.67 Å². The molecule has 0 aliphatic rings. The van der Waals surface area contributed by atoms with Crippen LogP contribution in [-0.4, -0.2) is 12.0 Å². The fourth-order valence-electron chi connectivity index (χ4n) is 2.25. The highest BCUT2D eigenvalue weighted by Gasteiger charge is 2.42. The maximum atomic E-state index is 12.9. The summed E-state index contributed by atoms with van der Waals surface area (Å²) in [5.41, 5.74) is 0.878. The Kier molecular flexibility index (Phi) is 3.70. The van der Waals surface area contributed by atoms with Gasteiger partial charge < -0.3 is 0 Å². The van der Waals surface area contributed by atoms with Gasteiger partial charge in [0.05, 0.1) is 4.88 Å². The van der Waals surface area contributed by atoms with E-state index < -0.39 is 12.0 Å². The first kappa shape index (κ1) is 15.1. The Bertz CT molecular complexity index is 853. The summed E-state index contributed by atoms with van der Waals surface area (Å²) in [4.78, 5) is 11.5. The van der Waals surface area contributed by atoms with Crippen molar-refractivity contribution in [1.82, 2.24) is 0 Å².